The summed E-state index contributed by atoms with van der Waals surface area (Å²) in [7, 11) is 0. The van der Waals surface area contributed by atoms with Crippen molar-refractivity contribution in [2.45, 2.75) is 51.9 Å². The molecule has 7 heteroatoms. The fraction of sp³-hybridized carbons (Fsp3) is 0.103. The van der Waals surface area contributed by atoms with Gasteiger partial charge in [0.2, 0.25) is 0 Å². The molecular formula is C87H58N2O5. The fourth-order valence-electron chi connectivity index (χ4n) is 17.2. The summed E-state index contributed by atoms with van der Waals surface area (Å²) in [5.41, 5.74) is 22.7. The summed E-state index contributed by atoms with van der Waals surface area (Å²) >= 11 is 0. The van der Waals surface area contributed by atoms with Gasteiger partial charge in [0.15, 0.2) is 11.2 Å². The fourth-order valence-corrected chi connectivity index (χ4v) is 17.2. The predicted molar refractivity (Wildman–Crippen MR) is 386 cm³/mol. The smallest absolute Gasteiger partial charge is 0.159 e. The number of hydrogen-bond acceptors (Lipinski definition) is 7. The second-order valence-corrected chi connectivity index (χ2v) is 27.7. The third-order valence-electron chi connectivity index (χ3n) is 22.3. The topological polar surface area (TPSA) is 72.2 Å². The molecule has 7 nitrogen and oxygen atoms in total. The standard InChI is InChI=1S/C87H58N2O5/c1-85(2)68-37-28-48-16-6-8-18-54(48)81(68)62-35-31-50(40-69(62)85)88(71-24-14-22-60-56-20-10-12-26-73(56)93-83(60)71)52-29-33-58-64-44-79-66(46-77(64)90-75(58)42-52)67-47-78-65(45-80(67)92-79)59-34-30-53(43-76(59)91-78)89(72-25-15-23-61-57-21-11-13-27-74(57)94-84(61)72)51-32-36-63-70(41-51)86(3,4)87(5)39-38-49-17-7-9-19-55(49)82(63)87/h6-38,40-47H,39H2,1-5H3. The van der Waals surface area contributed by atoms with Crippen LogP contribution in [-0.4, -0.2) is 0 Å². The number of fused-ring (bicyclic) bond motifs is 24. The number of benzene rings is 13. The van der Waals surface area contributed by atoms with E-state index in [0.717, 1.165) is 150 Å². The van der Waals surface area contributed by atoms with E-state index in [1.807, 2.05) is 12.1 Å². The molecule has 0 amide bonds. The summed E-state index contributed by atoms with van der Waals surface area (Å²) in [4.78, 5) is 4.70. The molecule has 1 atom stereocenters. The summed E-state index contributed by atoms with van der Waals surface area (Å²) < 4.78 is 34.6. The average molecular weight is 1210 g/mol. The molecule has 3 aliphatic carbocycles. The maximum Gasteiger partial charge on any atom is 0.159 e. The van der Waals surface area contributed by atoms with Crippen LogP contribution in [0.4, 0.5) is 34.1 Å². The Labute approximate surface area is 538 Å². The van der Waals surface area contributed by atoms with Gasteiger partial charge in [-0.2, -0.15) is 0 Å². The predicted octanol–water partition coefficient (Wildman–Crippen LogP) is 23.3. The van der Waals surface area contributed by atoms with Gasteiger partial charge in [0, 0.05) is 93.6 Å². The Bertz CT molecular complexity index is 6580. The molecule has 94 heavy (non-hydrogen) atoms. The molecule has 0 spiro atoms. The van der Waals surface area contributed by atoms with Crippen LogP contribution >= 0.6 is 0 Å². The Morgan fingerprint density at radius 2 is 0.777 bits per heavy atom. The van der Waals surface area contributed by atoms with Crippen molar-refractivity contribution in [1.82, 2.24) is 0 Å². The van der Waals surface area contributed by atoms with Gasteiger partial charge >= 0.3 is 0 Å². The number of furan rings is 5. The van der Waals surface area contributed by atoms with Gasteiger partial charge in [-0.3, -0.25) is 0 Å². The molecule has 5 aromatic heterocycles. The lowest BCUT2D eigenvalue weighted by atomic mass is 9.62. The molecule has 0 fully saturated rings. The van der Waals surface area contributed by atoms with Crippen molar-refractivity contribution >= 4 is 166 Å². The lowest BCUT2D eigenvalue weighted by molar-refractivity contribution is 0.276. The monoisotopic (exact) mass is 1210 g/mol. The molecular weight excluding hydrogens is 1150 g/mol. The van der Waals surface area contributed by atoms with Gasteiger partial charge in [0.05, 0.1) is 22.7 Å². The van der Waals surface area contributed by atoms with Crippen molar-refractivity contribution in [2.24, 2.45) is 5.41 Å². The molecule has 0 saturated carbocycles. The zero-order valence-corrected chi connectivity index (χ0v) is 52.3. The van der Waals surface area contributed by atoms with Gasteiger partial charge in [0.25, 0.3) is 0 Å². The van der Waals surface area contributed by atoms with Crippen molar-refractivity contribution in [3.63, 3.8) is 0 Å². The normalized spacial score (nSPS) is 16.2. The van der Waals surface area contributed by atoms with E-state index >= 15 is 0 Å². The van der Waals surface area contributed by atoms with Crippen LogP contribution in [0.2, 0.25) is 0 Å². The first kappa shape index (κ1) is 52.1. The Morgan fingerprint density at radius 3 is 1.37 bits per heavy atom. The highest BCUT2D eigenvalue weighted by Crippen LogP contribution is 2.61. The van der Waals surface area contributed by atoms with Gasteiger partial charge in [-0.05, 0) is 164 Å². The van der Waals surface area contributed by atoms with Crippen LogP contribution < -0.4 is 20.2 Å². The van der Waals surface area contributed by atoms with E-state index in [2.05, 4.69) is 281 Å². The number of hydrogen-bond donors (Lipinski definition) is 0. The van der Waals surface area contributed by atoms with E-state index < -0.39 is 0 Å². The van der Waals surface area contributed by atoms with Gasteiger partial charge < -0.3 is 31.9 Å². The van der Waals surface area contributed by atoms with E-state index in [1.54, 1.807) is 0 Å². The number of nitrogens with zero attached hydrogens (tertiary/aromatic N) is 2. The lowest BCUT2D eigenvalue weighted by Gasteiger charge is -2.41. The van der Waals surface area contributed by atoms with Crippen LogP contribution in [0.15, 0.2) is 265 Å². The minimum atomic E-state index is -0.242. The van der Waals surface area contributed by atoms with E-state index in [4.69, 9.17) is 22.1 Å². The van der Waals surface area contributed by atoms with Crippen LogP contribution in [0.3, 0.4) is 0 Å². The summed E-state index contributed by atoms with van der Waals surface area (Å²) in [5, 5.41) is 15.4. The van der Waals surface area contributed by atoms with Gasteiger partial charge in [-0.1, -0.05) is 174 Å². The highest BCUT2D eigenvalue weighted by molar-refractivity contribution is 6.20. The second kappa shape index (κ2) is 18.1. The molecule has 1 unspecified atom stereocenters. The Hall–Kier alpha value is -11.5. The lowest BCUT2D eigenvalue weighted by Crippen LogP contribution is -2.42. The summed E-state index contributed by atoms with van der Waals surface area (Å²) in [6, 6.07) is 87.6. The van der Waals surface area contributed by atoms with Gasteiger partial charge in [-0.25, -0.2) is 0 Å². The maximum absolute atomic E-state index is 7.02. The third-order valence-corrected chi connectivity index (χ3v) is 22.3. The molecule has 5 heterocycles. The zero-order valence-electron chi connectivity index (χ0n) is 52.3. The van der Waals surface area contributed by atoms with E-state index in [9.17, 15) is 0 Å². The largest absolute Gasteiger partial charge is 0.456 e. The van der Waals surface area contributed by atoms with Crippen LogP contribution in [-0.2, 0) is 10.8 Å². The van der Waals surface area contributed by atoms with Crippen molar-refractivity contribution in [1.29, 1.82) is 0 Å². The number of para-hydroxylation sites is 4. The molecule has 13 aromatic carbocycles. The third kappa shape index (κ3) is 6.84. The maximum atomic E-state index is 7.02. The van der Waals surface area contributed by atoms with Crippen molar-refractivity contribution in [2.75, 3.05) is 9.80 Å². The Kier molecular flexibility index (Phi) is 10.1. The molecule has 0 bridgehead atoms. The first-order chi connectivity index (χ1) is 45.9. The van der Waals surface area contributed by atoms with Crippen molar-refractivity contribution < 1.29 is 22.1 Å². The van der Waals surface area contributed by atoms with Crippen LogP contribution in [0.25, 0.3) is 143 Å². The van der Waals surface area contributed by atoms with Crippen molar-refractivity contribution in [3.05, 3.63) is 275 Å². The number of rotatable bonds is 6. The minimum absolute atomic E-state index is 0.0871. The Balaban J connectivity index is 0.692. The molecule has 0 radical (unpaired) electrons. The quantitative estimate of drug-likeness (QED) is 0.164. The minimum Gasteiger partial charge on any atom is -0.456 e. The molecule has 0 aliphatic heterocycles. The first-order valence-electron chi connectivity index (χ1n) is 32.7. The molecule has 18 aromatic rings. The molecule has 21 rings (SSSR count). The van der Waals surface area contributed by atoms with Crippen molar-refractivity contribution in [3.8, 4) is 11.1 Å². The van der Waals surface area contributed by atoms with E-state index in [1.165, 1.54) is 60.2 Å². The molecule has 0 saturated heterocycles. The number of anilines is 6. The highest BCUT2D eigenvalue weighted by atomic mass is 16.3. The molecule has 446 valence electrons. The van der Waals surface area contributed by atoms with Gasteiger partial charge in [0.1, 0.15) is 44.7 Å². The summed E-state index contributed by atoms with van der Waals surface area (Å²) in [6.07, 6.45) is 3.41. The van der Waals surface area contributed by atoms with Gasteiger partial charge in [-0.15, -0.1) is 0 Å². The zero-order chi connectivity index (χ0) is 62.3. The van der Waals surface area contributed by atoms with Crippen LogP contribution in [0.5, 0.6) is 0 Å². The van der Waals surface area contributed by atoms with Crippen LogP contribution in [0.1, 0.15) is 63.3 Å². The average Bonchev–Trinajstić information content (AvgIpc) is 1.54. The van der Waals surface area contributed by atoms with Crippen LogP contribution in [0, 0.1) is 5.41 Å². The SMILES string of the molecule is CC1(C)c2cc(N(c3ccc4c(c3)oc3cc5c(cc34)oc3cc4c(cc35)oc3cc(N(c5ccc6c(c5)C(C)(C)C5(C)CC=c7ccccc7=C65)c5cccc6c5oc5ccccc56)ccc34)c3cccc4c3oc3ccccc34)ccc2-c2c1ccc1ccccc21. The molecule has 3 aliphatic rings. The summed E-state index contributed by atoms with van der Waals surface area (Å²) in [5.74, 6) is 0. The van der Waals surface area contributed by atoms with E-state index in [0.29, 0.717) is 0 Å². The second-order valence-electron chi connectivity index (χ2n) is 27.7. The molecule has 0 N–H and O–H groups in total. The van der Waals surface area contributed by atoms with E-state index in [-0.39, 0.29) is 16.2 Å². The first-order valence-corrected chi connectivity index (χ1v) is 32.7. The Morgan fingerprint density at radius 1 is 0.319 bits per heavy atom. The highest BCUT2D eigenvalue weighted by Gasteiger charge is 2.53. The summed E-state index contributed by atoms with van der Waals surface area (Å²) in [6.45, 7) is 12.0.